The first kappa shape index (κ1) is 15.8. The van der Waals surface area contributed by atoms with Crippen molar-refractivity contribution >= 4 is 21.5 Å². The molecule has 0 spiro atoms. The van der Waals surface area contributed by atoms with Crippen LogP contribution in [0.25, 0.3) is 0 Å². The Bertz CT molecular complexity index is 543. The summed E-state index contributed by atoms with van der Waals surface area (Å²) in [4.78, 5) is 4.33. The predicted octanol–water partition coefficient (Wildman–Crippen LogP) is 1.16. The number of piperidine rings is 1. The van der Waals surface area contributed by atoms with Gasteiger partial charge >= 0.3 is 0 Å². The molecule has 0 radical (unpaired) electrons. The number of thiazole rings is 1. The zero-order valence-corrected chi connectivity index (χ0v) is 13.5. The van der Waals surface area contributed by atoms with Crippen molar-refractivity contribution in [2.75, 3.05) is 13.1 Å². The Kier molecular flexibility index (Phi) is 5.14. The van der Waals surface area contributed by atoms with E-state index in [0.717, 1.165) is 30.0 Å². The highest BCUT2D eigenvalue weighted by Crippen LogP contribution is 2.22. The lowest BCUT2D eigenvalue weighted by Crippen LogP contribution is -2.52. The molecule has 2 rings (SSSR count). The molecule has 0 aliphatic carbocycles. The summed E-state index contributed by atoms with van der Waals surface area (Å²) in [5.74, 6) is 0. The van der Waals surface area contributed by atoms with Crippen molar-refractivity contribution in [2.24, 2.45) is 5.73 Å². The van der Waals surface area contributed by atoms with E-state index >= 15 is 0 Å². The molecule has 1 fully saturated rings. The van der Waals surface area contributed by atoms with Gasteiger partial charge in [-0.05, 0) is 26.7 Å². The Morgan fingerprint density at radius 1 is 1.60 bits per heavy atom. The zero-order valence-electron chi connectivity index (χ0n) is 11.9. The van der Waals surface area contributed by atoms with E-state index in [1.807, 2.05) is 19.2 Å². The Hall–Kier alpha value is -0.540. The topological polar surface area (TPSA) is 88.3 Å². The van der Waals surface area contributed by atoms with E-state index in [2.05, 4.69) is 9.71 Å². The smallest absolute Gasteiger partial charge is 0.280 e. The largest absolute Gasteiger partial charge is 0.329 e. The summed E-state index contributed by atoms with van der Waals surface area (Å²) < 4.78 is 29.2. The van der Waals surface area contributed by atoms with Crippen LogP contribution in [0.2, 0.25) is 0 Å². The van der Waals surface area contributed by atoms with Crippen molar-refractivity contribution in [3.63, 3.8) is 0 Å². The molecule has 1 aromatic rings. The third-order valence-electron chi connectivity index (χ3n) is 3.49. The maximum Gasteiger partial charge on any atom is 0.280 e. The molecule has 1 aliphatic heterocycles. The van der Waals surface area contributed by atoms with Gasteiger partial charge in [-0.25, -0.2) is 4.98 Å². The van der Waals surface area contributed by atoms with Gasteiger partial charge in [0, 0.05) is 30.2 Å². The third-order valence-corrected chi connectivity index (χ3v) is 6.38. The highest BCUT2D eigenvalue weighted by atomic mass is 32.2. The minimum absolute atomic E-state index is 0.0912. The summed E-state index contributed by atoms with van der Waals surface area (Å²) in [5, 5.41) is 2.70. The Labute approximate surface area is 124 Å². The zero-order chi connectivity index (χ0) is 14.8. The number of hydrogen-bond acceptors (Lipinski definition) is 5. The maximum absolute atomic E-state index is 12.5. The van der Waals surface area contributed by atoms with Gasteiger partial charge in [0.15, 0.2) is 0 Å². The molecule has 2 unspecified atom stereocenters. The summed E-state index contributed by atoms with van der Waals surface area (Å²) in [5.41, 5.74) is 6.60. The fraction of sp³-hybridized carbons (Fsp3) is 0.750. The lowest BCUT2D eigenvalue weighted by molar-refractivity contribution is 0.253. The lowest BCUT2D eigenvalue weighted by atomic mass is 10.1. The second-order valence-corrected chi connectivity index (χ2v) is 7.71. The molecule has 3 N–H and O–H groups in total. The quantitative estimate of drug-likeness (QED) is 0.852. The van der Waals surface area contributed by atoms with Crippen molar-refractivity contribution < 1.29 is 8.42 Å². The first-order chi connectivity index (χ1) is 9.44. The molecule has 114 valence electrons. The van der Waals surface area contributed by atoms with Gasteiger partial charge in [-0.2, -0.15) is 17.4 Å². The van der Waals surface area contributed by atoms with Gasteiger partial charge in [0.1, 0.15) is 5.01 Å². The average molecular weight is 318 g/mol. The number of nitrogens with two attached hydrogens (primary N) is 1. The summed E-state index contributed by atoms with van der Waals surface area (Å²) in [7, 11) is -3.51. The monoisotopic (exact) mass is 318 g/mol. The second-order valence-electron chi connectivity index (χ2n) is 5.17. The van der Waals surface area contributed by atoms with Crippen LogP contribution >= 0.6 is 11.3 Å². The molecule has 0 aromatic carbocycles. The molecule has 2 heterocycles. The molecule has 2 atom stereocenters. The number of nitrogens with one attached hydrogen (secondary N) is 1. The molecule has 0 amide bonds. The van der Waals surface area contributed by atoms with Gasteiger partial charge in [0.25, 0.3) is 10.2 Å². The van der Waals surface area contributed by atoms with E-state index < -0.39 is 10.2 Å². The predicted molar refractivity (Wildman–Crippen MR) is 80.7 cm³/mol. The van der Waals surface area contributed by atoms with Crippen LogP contribution in [-0.4, -0.2) is 36.8 Å². The molecule has 1 saturated heterocycles. The van der Waals surface area contributed by atoms with Crippen LogP contribution < -0.4 is 10.5 Å². The maximum atomic E-state index is 12.5. The summed E-state index contributed by atoms with van der Waals surface area (Å²) in [6, 6.07) is -0.412. The Morgan fingerprint density at radius 2 is 2.35 bits per heavy atom. The molecular formula is C12H22N4O2S2. The molecule has 20 heavy (non-hydrogen) atoms. The van der Waals surface area contributed by atoms with Crippen LogP contribution in [0, 0.1) is 6.92 Å². The normalized spacial score (nSPS) is 22.9. The van der Waals surface area contributed by atoms with Crippen molar-refractivity contribution in [3.05, 3.63) is 16.1 Å². The number of rotatable bonds is 5. The third kappa shape index (κ3) is 3.56. The van der Waals surface area contributed by atoms with Gasteiger partial charge < -0.3 is 5.73 Å². The first-order valence-corrected chi connectivity index (χ1v) is 9.17. The van der Waals surface area contributed by atoms with E-state index in [1.54, 1.807) is 0 Å². The van der Waals surface area contributed by atoms with Crippen LogP contribution in [0.15, 0.2) is 5.38 Å². The lowest BCUT2D eigenvalue weighted by Gasteiger charge is -2.34. The number of nitrogens with zero attached hydrogens (tertiary/aromatic N) is 2. The highest BCUT2D eigenvalue weighted by molar-refractivity contribution is 7.87. The van der Waals surface area contributed by atoms with Crippen molar-refractivity contribution in [3.8, 4) is 0 Å². The minimum atomic E-state index is -3.51. The van der Waals surface area contributed by atoms with Crippen molar-refractivity contribution in [1.82, 2.24) is 14.0 Å². The van der Waals surface area contributed by atoms with Gasteiger partial charge in [0.05, 0.1) is 6.04 Å². The molecule has 1 aromatic heterocycles. The second kappa shape index (κ2) is 6.48. The standard InChI is InChI=1S/C12H22N4O2S2/c1-9-8-19-12(14-9)10(2)15-20(17,18)16-6-4-3-5-11(16)7-13/h8,10-11,15H,3-7,13H2,1-2H3. The first-order valence-electron chi connectivity index (χ1n) is 6.85. The summed E-state index contributed by atoms with van der Waals surface area (Å²) in [6.07, 6.45) is 2.76. The number of hydrogen-bond donors (Lipinski definition) is 2. The summed E-state index contributed by atoms with van der Waals surface area (Å²) in [6.45, 7) is 4.62. The minimum Gasteiger partial charge on any atom is -0.329 e. The van der Waals surface area contributed by atoms with Gasteiger partial charge in [-0.15, -0.1) is 11.3 Å². The fourth-order valence-corrected chi connectivity index (χ4v) is 4.96. The highest BCUT2D eigenvalue weighted by Gasteiger charge is 2.32. The summed E-state index contributed by atoms with van der Waals surface area (Å²) >= 11 is 1.47. The van der Waals surface area contributed by atoms with Crippen molar-refractivity contribution in [2.45, 2.75) is 45.2 Å². The van der Waals surface area contributed by atoms with Gasteiger partial charge in [0.2, 0.25) is 0 Å². The number of aromatic nitrogens is 1. The molecule has 8 heteroatoms. The molecule has 0 saturated carbocycles. The fourth-order valence-electron chi connectivity index (χ4n) is 2.44. The molecular weight excluding hydrogens is 296 g/mol. The van der Waals surface area contributed by atoms with Crippen LogP contribution in [0.1, 0.15) is 42.9 Å². The molecule has 0 bridgehead atoms. The van der Waals surface area contributed by atoms with E-state index in [0.29, 0.717) is 13.1 Å². The Morgan fingerprint density at radius 3 is 2.95 bits per heavy atom. The van der Waals surface area contributed by atoms with Crippen LogP contribution in [0.4, 0.5) is 0 Å². The average Bonchev–Trinajstić information content (AvgIpc) is 2.85. The van der Waals surface area contributed by atoms with E-state index in [9.17, 15) is 8.42 Å². The van der Waals surface area contributed by atoms with E-state index in [4.69, 9.17) is 5.73 Å². The molecule has 1 aliphatic rings. The molecule has 6 nitrogen and oxygen atoms in total. The van der Waals surface area contributed by atoms with Crippen molar-refractivity contribution in [1.29, 1.82) is 0 Å². The van der Waals surface area contributed by atoms with E-state index in [-0.39, 0.29) is 12.1 Å². The van der Waals surface area contributed by atoms with Crippen LogP contribution in [-0.2, 0) is 10.2 Å². The van der Waals surface area contributed by atoms with Gasteiger partial charge in [-0.1, -0.05) is 6.42 Å². The van der Waals surface area contributed by atoms with E-state index in [1.165, 1.54) is 15.6 Å². The SMILES string of the molecule is Cc1csc(C(C)NS(=O)(=O)N2CCCCC2CN)n1. The van der Waals surface area contributed by atoms with Crippen LogP contribution in [0.3, 0.4) is 0 Å². The van der Waals surface area contributed by atoms with Gasteiger partial charge in [-0.3, -0.25) is 0 Å². The van der Waals surface area contributed by atoms with Crippen LogP contribution in [0.5, 0.6) is 0 Å². The number of aryl methyl sites for hydroxylation is 1. The Balaban J connectivity index is 2.09.